The van der Waals surface area contributed by atoms with Gasteiger partial charge >= 0.3 is 12.0 Å². The van der Waals surface area contributed by atoms with Crippen molar-refractivity contribution in [3.05, 3.63) is 12.2 Å². The number of amides is 2. The number of urea groups is 1. The number of carboxylic acid groups (broad SMARTS) is 1. The fourth-order valence-electron chi connectivity index (χ4n) is 1.36. The maximum atomic E-state index is 11.8. The molecule has 0 aromatic heterocycles. The lowest BCUT2D eigenvalue weighted by Gasteiger charge is -2.29. The van der Waals surface area contributed by atoms with Gasteiger partial charge in [0.05, 0.1) is 0 Å². The second-order valence-electron chi connectivity index (χ2n) is 5.40. The highest BCUT2D eigenvalue weighted by Crippen LogP contribution is 2.19. The number of hydrogen-bond acceptors (Lipinski definition) is 2. The van der Waals surface area contributed by atoms with Gasteiger partial charge in [-0.25, -0.2) is 9.59 Å². The zero-order valence-electron chi connectivity index (χ0n) is 11.2. The summed E-state index contributed by atoms with van der Waals surface area (Å²) in [7, 11) is 1.60. The maximum absolute atomic E-state index is 11.8. The van der Waals surface area contributed by atoms with Crippen LogP contribution in [0, 0.1) is 5.41 Å². The minimum atomic E-state index is -1.03. The first kappa shape index (κ1) is 15.5. The van der Waals surface area contributed by atoms with Crippen molar-refractivity contribution in [3.63, 3.8) is 0 Å². The Bertz CT molecular complexity index is 318. The molecular formula is C12H22N2O3. The van der Waals surface area contributed by atoms with Crippen molar-refractivity contribution in [3.8, 4) is 0 Å². The Labute approximate surface area is 102 Å². The Morgan fingerprint density at radius 2 is 1.88 bits per heavy atom. The molecule has 98 valence electrons. The molecule has 0 radical (unpaired) electrons. The van der Waals surface area contributed by atoms with Crippen LogP contribution in [0.2, 0.25) is 0 Å². The predicted molar refractivity (Wildman–Crippen MR) is 66.9 cm³/mol. The van der Waals surface area contributed by atoms with Gasteiger partial charge in [0, 0.05) is 13.6 Å². The van der Waals surface area contributed by atoms with Crippen LogP contribution in [-0.4, -0.2) is 41.6 Å². The van der Waals surface area contributed by atoms with Gasteiger partial charge in [-0.15, -0.1) is 0 Å². The van der Waals surface area contributed by atoms with E-state index in [2.05, 4.69) is 11.9 Å². The number of likely N-dealkylation sites (N-methyl/N-ethyl adjacent to an activating group) is 1. The number of carboxylic acids is 1. The Hall–Kier alpha value is -1.52. The molecule has 0 unspecified atom stereocenters. The van der Waals surface area contributed by atoms with E-state index in [4.69, 9.17) is 5.11 Å². The van der Waals surface area contributed by atoms with Gasteiger partial charge in [0.15, 0.2) is 0 Å². The number of hydrogen-bond donors (Lipinski definition) is 2. The van der Waals surface area contributed by atoms with Gasteiger partial charge in [-0.3, -0.25) is 0 Å². The van der Waals surface area contributed by atoms with Crippen LogP contribution in [0.4, 0.5) is 4.79 Å². The molecule has 0 heterocycles. The van der Waals surface area contributed by atoms with Gasteiger partial charge in [-0.1, -0.05) is 32.9 Å². The molecule has 0 aromatic rings. The fraction of sp³-hybridized carbons (Fsp3) is 0.667. The normalized spacial score (nSPS) is 12.8. The average molecular weight is 242 g/mol. The van der Waals surface area contributed by atoms with E-state index in [1.54, 1.807) is 27.8 Å². The second-order valence-corrected chi connectivity index (χ2v) is 5.40. The lowest BCUT2D eigenvalue weighted by molar-refractivity contribution is -0.142. The summed E-state index contributed by atoms with van der Waals surface area (Å²) in [6, 6.07) is -1.32. The van der Waals surface area contributed by atoms with Crippen molar-refractivity contribution in [2.24, 2.45) is 5.41 Å². The van der Waals surface area contributed by atoms with Crippen molar-refractivity contribution in [2.45, 2.75) is 33.7 Å². The van der Waals surface area contributed by atoms with E-state index < -0.39 is 23.5 Å². The molecule has 0 aliphatic heterocycles. The molecule has 1 atom stereocenters. The minimum Gasteiger partial charge on any atom is -0.480 e. The monoisotopic (exact) mass is 242 g/mol. The molecule has 5 nitrogen and oxygen atoms in total. The van der Waals surface area contributed by atoms with Crippen molar-refractivity contribution < 1.29 is 14.7 Å². The Kier molecular flexibility index (Phi) is 5.19. The second kappa shape index (κ2) is 5.70. The molecule has 0 bridgehead atoms. The summed E-state index contributed by atoms with van der Waals surface area (Å²) < 4.78 is 0. The molecule has 0 fully saturated rings. The number of nitrogens with zero attached hydrogens (tertiary/aromatic N) is 1. The van der Waals surface area contributed by atoms with Gasteiger partial charge < -0.3 is 15.3 Å². The third kappa shape index (κ3) is 5.38. The van der Waals surface area contributed by atoms with E-state index in [0.717, 1.165) is 5.57 Å². The van der Waals surface area contributed by atoms with Gasteiger partial charge in [0.2, 0.25) is 0 Å². The molecular weight excluding hydrogens is 220 g/mol. The third-order valence-electron chi connectivity index (χ3n) is 2.23. The van der Waals surface area contributed by atoms with Crippen molar-refractivity contribution in [2.75, 3.05) is 13.6 Å². The van der Waals surface area contributed by atoms with E-state index in [9.17, 15) is 9.59 Å². The predicted octanol–water partition coefficient (Wildman–Crippen LogP) is 1.70. The molecule has 0 saturated carbocycles. The fourth-order valence-corrected chi connectivity index (χ4v) is 1.36. The van der Waals surface area contributed by atoms with E-state index in [1.807, 2.05) is 6.92 Å². The first-order valence-electron chi connectivity index (χ1n) is 5.44. The zero-order chi connectivity index (χ0) is 13.8. The Morgan fingerprint density at radius 1 is 1.41 bits per heavy atom. The quantitative estimate of drug-likeness (QED) is 0.737. The van der Waals surface area contributed by atoms with E-state index >= 15 is 0 Å². The maximum Gasteiger partial charge on any atom is 0.326 e. The smallest absolute Gasteiger partial charge is 0.326 e. The summed E-state index contributed by atoms with van der Waals surface area (Å²) in [5.74, 6) is -1.03. The van der Waals surface area contributed by atoms with E-state index in [1.165, 1.54) is 4.90 Å². The highest BCUT2D eigenvalue weighted by atomic mass is 16.4. The lowest BCUT2D eigenvalue weighted by atomic mass is 9.87. The van der Waals surface area contributed by atoms with Gasteiger partial charge in [-0.2, -0.15) is 0 Å². The van der Waals surface area contributed by atoms with Crippen molar-refractivity contribution in [1.29, 1.82) is 0 Å². The van der Waals surface area contributed by atoms with E-state index in [0.29, 0.717) is 6.54 Å². The first-order valence-corrected chi connectivity index (χ1v) is 5.44. The molecule has 0 rings (SSSR count). The molecule has 0 aliphatic rings. The Balaban J connectivity index is 4.63. The molecule has 0 spiro atoms. The highest BCUT2D eigenvalue weighted by Gasteiger charge is 2.33. The summed E-state index contributed by atoms with van der Waals surface area (Å²) in [6.07, 6.45) is 0. The number of rotatable bonds is 4. The SMILES string of the molecule is C=C(C)CN(C)C(=O)N[C@@H](C(=O)O)C(C)(C)C. The van der Waals surface area contributed by atoms with Crippen LogP contribution in [0.1, 0.15) is 27.7 Å². The summed E-state index contributed by atoms with van der Waals surface area (Å²) >= 11 is 0. The summed E-state index contributed by atoms with van der Waals surface area (Å²) in [4.78, 5) is 24.2. The third-order valence-corrected chi connectivity index (χ3v) is 2.23. The molecule has 2 N–H and O–H groups in total. The number of nitrogens with one attached hydrogen (secondary N) is 1. The number of carbonyl (C=O) groups is 2. The van der Waals surface area contributed by atoms with Gasteiger partial charge in [0.1, 0.15) is 6.04 Å². The summed E-state index contributed by atoms with van der Waals surface area (Å²) in [6.45, 7) is 11.2. The number of aliphatic carboxylic acids is 1. The molecule has 0 aliphatic carbocycles. The molecule has 2 amide bonds. The van der Waals surface area contributed by atoms with Crippen LogP contribution in [0.3, 0.4) is 0 Å². The van der Waals surface area contributed by atoms with Crippen LogP contribution < -0.4 is 5.32 Å². The largest absolute Gasteiger partial charge is 0.480 e. The van der Waals surface area contributed by atoms with Crippen LogP contribution >= 0.6 is 0 Å². The lowest BCUT2D eigenvalue weighted by Crippen LogP contribution is -2.52. The summed E-state index contributed by atoms with van der Waals surface area (Å²) in [5.41, 5.74) is 0.302. The summed E-state index contributed by atoms with van der Waals surface area (Å²) in [5, 5.41) is 11.6. The average Bonchev–Trinajstić information content (AvgIpc) is 2.09. The molecule has 0 aromatic carbocycles. The van der Waals surface area contributed by atoms with Crippen LogP contribution in [0.15, 0.2) is 12.2 Å². The highest BCUT2D eigenvalue weighted by molar-refractivity contribution is 5.83. The van der Waals surface area contributed by atoms with Gasteiger partial charge in [-0.05, 0) is 12.3 Å². The van der Waals surface area contributed by atoms with Crippen LogP contribution in [-0.2, 0) is 4.79 Å². The van der Waals surface area contributed by atoms with E-state index in [-0.39, 0.29) is 0 Å². The minimum absolute atomic E-state index is 0.405. The molecule has 17 heavy (non-hydrogen) atoms. The van der Waals surface area contributed by atoms with Crippen molar-refractivity contribution >= 4 is 12.0 Å². The molecule has 0 saturated heterocycles. The van der Waals surface area contributed by atoms with Crippen LogP contribution in [0.5, 0.6) is 0 Å². The molecule has 5 heteroatoms. The zero-order valence-corrected chi connectivity index (χ0v) is 11.2. The van der Waals surface area contributed by atoms with Crippen molar-refractivity contribution in [1.82, 2.24) is 10.2 Å². The topological polar surface area (TPSA) is 69.6 Å². The standard InChI is InChI=1S/C12H22N2O3/c1-8(2)7-14(6)11(17)13-9(10(15)16)12(3,4)5/h9H,1,7H2,2-6H3,(H,13,17)(H,15,16)/t9-/m0/s1. The Morgan fingerprint density at radius 3 is 2.18 bits per heavy atom. The first-order chi connectivity index (χ1) is 7.55. The van der Waals surface area contributed by atoms with Gasteiger partial charge in [0.25, 0.3) is 0 Å². The number of carbonyl (C=O) groups excluding carboxylic acids is 1. The van der Waals surface area contributed by atoms with Crippen LogP contribution in [0.25, 0.3) is 0 Å².